The number of nitrogens with zero attached hydrogens (tertiary/aromatic N) is 2. The van der Waals surface area contributed by atoms with Crippen LogP contribution >= 0.6 is 0 Å². The molecule has 1 aliphatic rings. The van der Waals surface area contributed by atoms with E-state index in [4.69, 9.17) is 10.00 Å². The van der Waals surface area contributed by atoms with E-state index in [0.717, 1.165) is 24.3 Å². The van der Waals surface area contributed by atoms with Crippen molar-refractivity contribution >= 4 is 0 Å². The lowest BCUT2D eigenvalue weighted by molar-refractivity contribution is -0.357. The SMILES string of the molecule is N#Cc1cc(F)cc(Oc2ccc3c(c2C#N)C(O)(O)C(F)(F)C3(F)F)c1. The molecule has 2 N–H and O–H groups in total. The first-order valence-electron chi connectivity index (χ1n) is 7.14. The third-order valence-electron chi connectivity index (χ3n) is 4.03. The second-order valence-corrected chi connectivity index (χ2v) is 5.68. The van der Waals surface area contributed by atoms with Crippen LogP contribution in [0.2, 0.25) is 0 Å². The zero-order valence-corrected chi connectivity index (χ0v) is 13.0. The van der Waals surface area contributed by atoms with Gasteiger partial charge in [0.15, 0.2) is 0 Å². The fourth-order valence-corrected chi connectivity index (χ4v) is 2.76. The van der Waals surface area contributed by atoms with Gasteiger partial charge in [-0.3, -0.25) is 0 Å². The number of ether oxygens (including phenoxy) is 1. The van der Waals surface area contributed by atoms with Crippen LogP contribution in [0.15, 0.2) is 30.3 Å². The molecule has 1 aliphatic carbocycles. The number of hydrogen-bond acceptors (Lipinski definition) is 5. The van der Waals surface area contributed by atoms with Crippen LogP contribution in [0.3, 0.4) is 0 Å². The highest BCUT2D eigenvalue weighted by Crippen LogP contribution is 2.60. The average molecular weight is 382 g/mol. The number of hydrogen-bond donors (Lipinski definition) is 2. The number of fused-ring (bicyclic) bond motifs is 1. The highest BCUT2D eigenvalue weighted by atomic mass is 19.3. The van der Waals surface area contributed by atoms with Gasteiger partial charge >= 0.3 is 11.8 Å². The van der Waals surface area contributed by atoms with E-state index in [1.807, 2.05) is 0 Å². The van der Waals surface area contributed by atoms with E-state index in [0.29, 0.717) is 6.07 Å². The Bertz CT molecular complexity index is 1040. The molecule has 3 rings (SSSR count). The van der Waals surface area contributed by atoms with Crippen LogP contribution in [0, 0.1) is 28.5 Å². The normalized spacial score (nSPS) is 18.3. The summed E-state index contributed by atoms with van der Waals surface area (Å²) in [4.78, 5) is 0. The van der Waals surface area contributed by atoms with Crippen LogP contribution in [0.1, 0.15) is 22.3 Å². The number of halogens is 5. The summed E-state index contributed by atoms with van der Waals surface area (Å²) < 4.78 is 74.2. The lowest BCUT2D eigenvalue weighted by Crippen LogP contribution is -2.48. The molecule has 0 saturated carbocycles. The molecule has 0 atom stereocenters. The molecule has 0 radical (unpaired) electrons. The summed E-state index contributed by atoms with van der Waals surface area (Å²) in [6.07, 6.45) is 0. The Balaban J connectivity index is 2.20. The van der Waals surface area contributed by atoms with Crippen LogP contribution in [-0.2, 0) is 11.7 Å². The van der Waals surface area contributed by atoms with Gasteiger partial charge in [0.1, 0.15) is 28.9 Å². The van der Waals surface area contributed by atoms with Crippen LogP contribution in [0.25, 0.3) is 0 Å². The molecule has 0 fully saturated rings. The van der Waals surface area contributed by atoms with E-state index in [9.17, 15) is 37.4 Å². The van der Waals surface area contributed by atoms with Crippen molar-refractivity contribution in [3.8, 4) is 23.6 Å². The standard InChI is InChI=1S/C17H7F5N2O3/c18-9-3-8(6-23)4-10(5-9)27-13-2-1-12-14(11(13)7-24)16(25,26)17(21,22)15(12,19)20/h1-5,25-26H. The summed E-state index contributed by atoms with van der Waals surface area (Å²) >= 11 is 0. The first-order valence-corrected chi connectivity index (χ1v) is 7.14. The molecular formula is C17H7F5N2O3. The van der Waals surface area contributed by atoms with E-state index in [-0.39, 0.29) is 11.3 Å². The Labute approximate surface area is 148 Å². The van der Waals surface area contributed by atoms with Crippen molar-refractivity contribution < 1.29 is 36.9 Å². The lowest BCUT2D eigenvalue weighted by atomic mass is 9.99. The van der Waals surface area contributed by atoms with Gasteiger partial charge in [-0.1, -0.05) is 0 Å². The first kappa shape index (κ1) is 18.6. The summed E-state index contributed by atoms with van der Waals surface area (Å²) in [5, 5.41) is 37.3. The fourth-order valence-electron chi connectivity index (χ4n) is 2.76. The minimum Gasteiger partial charge on any atom is -0.456 e. The molecule has 0 unspecified atom stereocenters. The molecule has 2 aromatic rings. The molecule has 0 aromatic heterocycles. The topological polar surface area (TPSA) is 97.3 Å². The predicted octanol–water partition coefficient (Wildman–Crippen LogP) is 3.24. The molecule has 138 valence electrons. The van der Waals surface area contributed by atoms with Crippen molar-refractivity contribution in [3.05, 3.63) is 58.4 Å². The quantitative estimate of drug-likeness (QED) is 0.614. The summed E-state index contributed by atoms with van der Waals surface area (Å²) in [5.41, 5.74) is -4.01. The molecule has 0 amide bonds. The average Bonchev–Trinajstić information content (AvgIpc) is 2.69. The number of nitriles is 2. The number of benzene rings is 2. The Morgan fingerprint density at radius 1 is 0.963 bits per heavy atom. The molecule has 5 nitrogen and oxygen atoms in total. The molecule has 10 heteroatoms. The summed E-state index contributed by atoms with van der Waals surface area (Å²) in [6, 6.07) is 6.86. The van der Waals surface area contributed by atoms with Crippen molar-refractivity contribution in [2.45, 2.75) is 17.6 Å². The van der Waals surface area contributed by atoms with Crippen molar-refractivity contribution in [2.75, 3.05) is 0 Å². The van der Waals surface area contributed by atoms with Gasteiger partial charge in [-0.25, -0.2) is 4.39 Å². The highest BCUT2D eigenvalue weighted by molar-refractivity contribution is 5.60. The van der Waals surface area contributed by atoms with Gasteiger partial charge in [-0.2, -0.15) is 28.1 Å². The fraction of sp³-hybridized carbons (Fsp3) is 0.176. The Morgan fingerprint density at radius 3 is 2.22 bits per heavy atom. The van der Waals surface area contributed by atoms with Crippen molar-refractivity contribution in [1.29, 1.82) is 10.5 Å². The lowest BCUT2D eigenvalue weighted by Gasteiger charge is -2.27. The zero-order valence-electron chi connectivity index (χ0n) is 13.0. The van der Waals surface area contributed by atoms with E-state index in [2.05, 4.69) is 0 Å². The third kappa shape index (κ3) is 2.42. The van der Waals surface area contributed by atoms with E-state index >= 15 is 0 Å². The molecule has 27 heavy (non-hydrogen) atoms. The van der Waals surface area contributed by atoms with E-state index in [1.54, 1.807) is 6.07 Å². The largest absolute Gasteiger partial charge is 0.456 e. The zero-order chi connectivity index (χ0) is 20.2. The molecule has 0 spiro atoms. The van der Waals surface area contributed by atoms with Gasteiger partial charge in [0.25, 0.3) is 5.79 Å². The maximum absolute atomic E-state index is 13.9. The molecule has 0 saturated heterocycles. The van der Waals surface area contributed by atoms with Gasteiger partial charge in [0.05, 0.1) is 11.6 Å². The summed E-state index contributed by atoms with van der Waals surface area (Å²) in [6.45, 7) is 0. The first-order chi connectivity index (χ1) is 12.5. The van der Waals surface area contributed by atoms with Crippen molar-refractivity contribution in [1.82, 2.24) is 0 Å². The van der Waals surface area contributed by atoms with E-state index in [1.165, 1.54) is 6.07 Å². The second kappa shape index (κ2) is 5.64. The summed E-state index contributed by atoms with van der Waals surface area (Å²) in [5.74, 6) is -16.4. The minimum absolute atomic E-state index is 0.165. The smallest absolute Gasteiger partial charge is 0.371 e. The van der Waals surface area contributed by atoms with Gasteiger partial charge in [-0.15, -0.1) is 0 Å². The monoisotopic (exact) mass is 382 g/mol. The van der Waals surface area contributed by atoms with Crippen LogP contribution < -0.4 is 4.74 Å². The maximum Gasteiger partial charge on any atom is 0.371 e. The molecule has 0 bridgehead atoms. The molecule has 2 aromatic carbocycles. The van der Waals surface area contributed by atoms with E-state index < -0.39 is 45.9 Å². The van der Waals surface area contributed by atoms with Crippen molar-refractivity contribution in [2.24, 2.45) is 0 Å². The Morgan fingerprint density at radius 2 is 1.63 bits per heavy atom. The molecule has 0 heterocycles. The predicted molar refractivity (Wildman–Crippen MR) is 77.3 cm³/mol. The number of alkyl halides is 4. The summed E-state index contributed by atoms with van der Waals surface area (Å²) in [7, 11) is 0. The Kier molecular flexibility index (Phi) is 3.88. The highest BCUT2D eigenvalue weighted by Gasteiger charge is 2.77. The van der Waals surface area contributed by atoms with Crippen LogP contribution in [0.4, 0.5) is 22.0 Å². The van der Waals surface area contributed by atoms with Crippen LogP contribution in [-0.4, -0.2) is 16.1 Å². The Hall–Kier alpha value is -3.21. The second-order valence-electron chi connectivity index (χ2n) is 5.68. The minimum atomic E-state index is -5.31. The van der Waals surface area contributed by atoms with Crippen molar-refractivity contribution in [3.63, 3.8) is 0 Å². The van der Waals surface area contributed by atoms with Gasteiger partial charge in [0.2, 0.25) is 0 Å². The van der Waals surface area contributed by atoms with Gasteiger partial charge in [0, 0.05) is 17.2 Å². The van der Waals surface area contributed by atoms with Gasteiger partial charge in [-0.05, 0) is 24.3 Å². The maximum atomic E-state index is 13.9. The van der Waals surface area contributed by atoms with Crippen LogP contribution in [0.5, 0.6) is 11.5 Å². The third-order valence-corrected chi connectivity index (χ3v) is 4.03. The number of rotatable bonds is 2. The molecule has 0 aliphatic heterocycles. The number of aliphatic hydroxyl groups is 2. The molecular weight excluding hydrogens is 375 g/mol. The van der Waals surface area contributed by atoms with Gasteiger partial charge < -0.3 is 14.9 Å².